The first-order valence-electron chi connectivity index (χ1n) is 11.2. The summed E-state index contributed by atoms with van der Waals surface area (Å²) in [5, 5.41) is 4.40. The Kier molecular flexibility index (Phi) is 7.39. The zero-order valence-corrected chi connectivity index (χ0v) is 20.7. The second-order valence-corrected chi connectivity index (χ2v) is 10.9. The zero-order chi connectivity index (χ0) is 24.3. The summed E-state index contributed by atoms with van der Waals surface area (Å²) in [5.41, 5.74) is 0.797. The number of fused-ring (bicyclic) bond motifs is 1. The molecule has 2 N–H and O–H groups in total. The number of halogens is 1. The highest BCUT2D eigenvalue weighted by atomic mass is 35.5. The summed E-state index contributed by atoms with van der Waals surface area (Å²) in [7, 11) is -3.53. The van der Waals surface area contributed by atoms with Crippen LogP contribution in [0, 0.1) is 5.92 Å². The van der Waals surface area contributed by atoms with Gasteiger partial charge in [-0.2, -0.15) is 4.98 Å². The SMILES string of the molecule is C[C@H](Nc1nccc(N(CCC2CCOCC2)S(C)(=O)=O)n1)c1cc2cccc(Cl)c2[nH]c1=O. The van der Waals surface area contributed by atoms with Gasteiger partial charge in [-0.05, 0) is 44.2 Å². The van der Waals surface area contributed by atoms with Gasteiger partial charge in [-0.15, -0.1) is 0 Å². The Balaban J connectivity index is 1.54. The summed E-state index contributed by atoms with van der Waals surface area (Å²) in [4.78, 5) is 24.2. The number of benzene rings is 1. The topological polar surface area (TPSA) is 117 Å². The number of nitrogens with one attached hydrogen (secondary N) is 2. The molecular formula is C23H28ClN5O4S. The van der Waals surface area contributed by atoms with Crippen LogP contribution in [0.4, 0.5) is 11.8 Å². The van der Waals surface area contributed by atoms with Crippen LogP contribution in [0.5, 0.6) is 0 Å². The minimum atomic E-state index is -3.53. The van der Waals surface area contributed by atoms with Crippen molar-refractivity contribution in [2.24, 2.45) is 5.92 Å². The molecule has 1 aliphatic heterocycles. The first kappa shape index (κ1) is 24.4. The molecule has 0 amide bonds. The van der Waals surface area contributed by atoms with Crippen LogP contribution in [-0.2, 0) is 14.8 Å². The summed E-state index contributed by atoms with van der Waals surface area (Å²) in [5.74, 6) is 0.944. The van der Waals surface area contributed by atoms with Gasteiger partial charge in [0, 0.05) is 43.0 Å². The molecule has 0 saturated carbocycles. The Labute approximate surface area is 203 Å². The maximum absolute atomic E-state index is 12.7. The van der Waals surface area contributed by atoms with Crippen LogP contribution in [0.3, 0.4) is 0 Å². The van der Waals surface area contributed by atoms with Gasteiger partial charge in [0.05, 0.1) is 22.8 Å². The van der Waals surface area contributed by atoms with E-state index < -0.39 is 16.1 Å². The molecule has 1 aromatic carbocycles. The number of rotatable bonds is 8. The lowest BCUT2D eigenvalue weighted by molar-refractivity contribution is 0.0647. The molecule has 182 valence electrons. The van der Waals surface area contributed by atoms with Crippen molar-refractivity contribution in [2.75, 3.05) is 35.6 Å². The summed E-state index contributed by atoms with van der Waals surface area (Å²) in [6.07, 6.45) is 5.27. The molecule has 3 heterocycles. The van der Waals surface area contributed by atoms with E-state index in [1.165, 1.54) is 16.8 Å². The van der Waals surface area contributed by atoms with Gasteiger partial charge in [-0.3, -0.25) is 9.10 Å². The molecule has 1 aliphatic rings. The summed E-state index contributed by atoms with van der Waals surface area (Å²) in [6.45, 7) is 3.57. The number of anilines is 2. The van der Waals surface area contributed by atoms with Crippen molar-refractivity contribution in [3.63, 3.8) is 0 Å². The Morgan fingerprint density at radius 1 is 1.29 bits per heavy atom. The van der Waals surface area contributed by atoms with Crippen molar-refractivity contribution in [3.8, 4) is 0 Å². The van der Waals surface area contributed by atoms with E-state index in [2.05, 4.69) is 20.3 Å². The van der Waals surface area contributed by atoms with E-state index in [0.717, 1.165) is 24.6 Å². The van der Waals surface area contributed by atoms with Crippen molar-refractivity contribution in [1.29, 1.82) is 0 Å². The standard InChI is InChI=1S/C23H28ClN5O4S/c1-15(18-14-17-4-3-5-19(24)21(17)28-22(18)30)26-23-25-10-6-20(27-23)29(34(2,31)32)11-7-16-8-12-33-13-9-16/h3-6,10,14-16H,7-9,11-13H2,1-2H3,(H,28,30)(H,25,26,27)/t15-/m0/s1. The molecular weight excluding hydrogens is 478 g/mol. The van der Waals surface area contributed by atoms with Crippen LogP contribution in [0.15, 0.2) is 41.3 Å². The van der Waals surface area contributed by atoms with Crippen molar-refractivity contribution in [1.82, 2.24) is 15.0 Å². The fraction of sp³-hybridized carbons (Fsp3) is 0.435. The Morgan fingerprint density at radius 2 is 2.06 bits per heavy atom. The predicted molar refractivity (Wildman–Crippen MR) is 134 cm³/mol. The molecule has 3 aromatic rings. The number of H-pyrrole nitrogens is 1. The fourth-order valence-electron chi connectivity index (χ4n) is 4.15. The molecule has 4 rings (SSSR count). The van der Waals surface area contributed by atoms with Gasteiger partial charge in [-0.25, -0.2) is 13.4 Å². The molecule has 0 radical (unpaired) electrons. The highest BCUT2D eigenvalue weighted by Gasteiger charge is 2.23. The van der Waals surface area contributed by atoms with E-state index in [9.17, 15) is 13.2 Å². The van der Waals surface area contributed by atoms with E-state index >= 15 is 0 Å². The number of para-hydroxylation sites is 1. The average Bonchev–Trinajstić information content (AvgIpc) is 2.79. The molecule has 9 nitrogen and oxygen atoms in total. The maximum atomic E-state index is 12.7. The third-order valence-corrected chi connectivity index (χ3v) is 7.53. The van der Waals surface area contributed by atoms with E-state index in [-0.39, 0.29) is 11.5 Å². The van der Waals surface area contributed by atoms with Crippen molar-refractivity contribution in [3.05, 3.63) is 57.5 Å². The number of aromatic amines is 1. The van der Waals surface area contributed by atoms with Crippen LogP contribution in [0.2, 0.25) is 5.02 Å². The lowest BCUT2D eigenvalue weighted by Crippen LogP contribution is -2.33. The molecule has 11 heteroatoms. The van der Waals surface area contributed by atoms with E-state index in [1.54, 1.807) is 18.2 Å². The van der Waals surface area contributed by atoms with Crippen molar-refractivity contribution in [2.45, 2.75) is 32.2 Å². The number of hydrogen-bond acceptors (Lipinski definition) is 7. The van der Waals surface area contributed by atoms with Crippen LogP contribution >= 0.6 is 11.6 Å². The number of pyridine rings is 1. The van der Waals surface area contributed by atoms with Crippen molar-refractivity contribution >= 4 is 44.3 Å². The molecule has 0 unspecified atom stereocenters. The normalized spacial score (nSPS) is 15.9. The highest BCUT2D eigenvalue weighted by molar-refractivity contribution is 7.92. The van der Waals surface area contributed by atoms with Gasteiger partial charge < -0.3 is 15.0 Å². The number of aromatic nitrogens is 3. The smallest absolute Gasteiger partial charge is 0.253 e. The molecule has 0 spiro atoms. The van der Waals surface area contributed by atoms with E-state index in [4.69, 9.17) is 16.3 Å². The zero-order valence-electron chi connectivity index (χ0n) is 19.1. The summed E-state index contributed by atoms with van der Waals surface area (Å²) < 4.78 is 31.7. The van der Waals surface area contributed by atoms with Crippen LogP contribution < -0.4 is 15.2 Å². The van der Waals surface area contributed by atoms with E-state index in [1.807, 2.05) is 19.1 Å². The molecule has 1 atom stereocenters. The maximum Gasteiger partial charge on any atom is 0.253 e. The third kappa shape index (κ3) is 5.68. The highest BCUT2D eigenvalue weighted by Crippen LogP contribution is 2.25. The Morgan fingerprint density at radius 3 is 2.79 bits per heavy atom. The molecule has 2 aromatic heterocycles. The van der Waals surface area contributed by atoms with Gasteiger partial charge in [0.15, 0.2) is 0 Å². The van der Waals surface area contributed by atoms with Crippen LogP contribution in [0.1, 0.15) is 37.8 Å². The van der Waals surface area contributed by atoms with Crippen LogP contribution in [-0.4, -0.2) is 49.4 Å². The fourth-order valence-corrected chi connectivity index (χ4v) is 5.26. The number of sulfonamides is 1. The molecule has 1 saturated heterocycles. The van der Waals surface area contributed by atoms with Gasteiger partial charge in [0.1, 0.15) is 5.82 Å². The van der Waals surface area contributed by atoms with Crippen LogP contribution in [0.25, 0.3) is 10.9 Å². The molecule has 0 bridgehead atoms. The van der Waals surface area contributed by atoms with Gasteiger partial charge in [-0.1, -0.05) is 23.7 Å². The second kappa shape index (κ2) is 10.3. The minimum absolute atomic E-state index is 0.232. The summed E-state index contributed by atoms with van der Waals surface area (Å²) >= 11 is 6.18. The number of nitrogens with zero attached hydrogens (tertiary/aromatic N) is 3. The largest absolute Gasteiger partial charge is 0.381 e. The lowest BCUT2D eigenvalue weighted by atomic mass is 9.97. The monoisotopic (exact) mass is 505 g/mol. The molecule has 0 aliphatic carbocycles. The number of ether oxygens (including phenoxy) is 1. The first-order valence-corrected chi connectivity index (χ1v) is 13.4. The van der Waals surface area contributed by atoms with Gasteiger partial charge in [0.2, 0.25) is 16.0 Å². The third-order valence-electron chi connectivity index (χ3n) is 6.05. The second-order valence-electron chi connectivity index (χ2n) is 8.54. The lowest BCUT2D eigenvalue weighted by Gasteiger charge is -2.26. The van der Waals surface area contributed by atoms with Gasteiger partial charge in [0.25, 0.3) is 5.56 Å². The number of hydrogen-bond donors (Lipinski definition) is 2. The van der Waals surface area contributed by atoms with Crippen molar-refractivity contribution < 1.29 is 13.2 Å². The molecule has 1 fully saturated rings. The first-order chi connectivity index (χ1) is 16.2. The average molecular weight is 506 g/mol. The quantitative estimate of drug-likeness (QED) is 0.479. The molecule has 34 heavy (non-hydrogen) atoms. The van der Waals surface area contributed by atoms with E-state index in [0.29, 0.717) is 47.6 Å². The van der Waals surface area contributed by atoms with Gasteiger partial charge >= 0.3 is 0 Å². The summed E-state index contributed by atoms with van der Waals surface area (Å²) in [6, 6.07) is 8.32. The predicted octanol–water partition coefficient (Wildman–Crippen LogP) is 3.73. The Bertz CT molecular complexity index is 1320. The minimum Gasteiger partial charge on any atom is -0.381 e. The Hall–Kier alpha value is -2.69.